The van der Waals surface area contributed by atoms with Crippen LogP contribution in [0.25, 0.3) is 11.0 Å². The molecule has 3 aromatic rings. The molecule has 0 fully saturated rings. The average Bonchev–Trinajstić information content (AvgIpc) is 3.10. The van der Waals surface area contributed by atoms with Crippen LogP contribution in [0.4, 0.5) is 5.00 Å². The van der Waals surface area contributed by atoms with E-state index in [1.165, 1.54) is 29.6 Å². The largest absolute Gasteiger partial charge is 0.324 e. The van der Waals surface area contributed by atoms with Gasteiger partial charge < -0.3 is 0 Å². The number of nitro groups is 1. The summed E-state index contributed by atoms with van der Waals surface area (Å²) in [7, 11) is 0. The lowest BCUT2D eigenvalue weighted by atomic mass is 10.2. The van der Waals surface area contributed by atoms with Crippen molar-refractivity contribution in [3.05, 3.63) is 55.6 Å². The molecular formula is C12H6ClN3O3S2. The van der Waals surface area contributed by atoms with E-state index in [0.29, 0.717) is 10.5 Å². The highest BCUT2D eigenvalue weighted by molar-refractivity contribution is 7.15. The number of halogens is 1. The Labute approximate surface area is 131 Å². The van der Waals surface area contributed by atoms with Crippen molar-refractivity contribution < 1.29 is 9.72 Å². The molecule has 9 heteroatoms. The van der Waals surface area contributed by atoms with Gasteiger partial charge in [0, 0.05) is 23.0 Å². The normalized spacial score (nSPS) is 11.5. The van der Waals surface area contributed by atoms with Gasteiger partial charge in [-0.2, -0.15) is 0 Å². The van der Waals surface area contributed by atoms with E-state index in [0.717, 1.165) is 11.3 Å². The van der Waals surface area contributed by atoms with E-state index in [9.17, 15) is 14.9 Å². The van der Waals surface area contributed by atoms with Crippen LogP contribution in [0, 0.1) is 10.1 Å². The molecular weight excluding hydrogens is 334 g/mol. The van der Waals surface area contributed by atoms with Crippen LogP contribution in [0.3, 0.4) is 0 Å². The van der Waals surface area contributed by atoms with Gasteiger partial charge in [-0.25, -0.2) is 4.98 Å². The molecule has 3 heterocycles. The Kier molecular flexibility index (Phi) is 3.58. The number of nitrogens with zero attached hydrogens (tertiary/aromatic N) is 3. The number of ketones is 1. The zero-order valence-electron chi connectivity index (χ0n) is 10.2. The molecule has 0 aliphatic carbocycles. The maximum atomic E-state index is 12.2. The topological polar surface area (TPSA) is 77.5 Å². The molecule has 0 unspecified atom stereocenters. The standard InChI is InChI=1S/C12H6ClN3O3S2/c13-11-10(15-3-4-20-12(15)14-11)8(17)2-1-7-5-9(16(18)19)21-6-7/h1-6H. The van der Waals surface area contributed by atoms with E-state index >= 15 is 0 Å². The number of carbonyl (C=O) groups is 1. The minimum absolute atomic E-state index is 0.0321. The van der Waals surface area contributed by atoms with Gasteiger partial charge in [0.05, 0.1) is 4.92 Å². The molecule has 0 saturated carbocycles. The van der Waals surface area contributed by atoms with Crippen LogP contribution in [-0.4, -0.2) is 20.1 Å². The number of aromatic nitrogens is 2. The van der Waals surface area contributed by atoms with E-state index in [-0.39, 0.29) is 21.6 Å². The maximum Gasteiger partial charge on any atom is 0.324 e. The zero-order chi connectivity index (χ0) is 15.0. The molecule has 0 N–H and O–H groups in total. The van der Waals surface area contributed by atoms with Crippen molar-refractivity contribution in [2.24, 2.45) is 0 Å². The SMILES string of the molecule is O=C(C=Cc1csc([N+](=O)[O-])c1)c1c(Cl)nc2sccn12. The molecule has 106 valence electrons. The molecule has 0 atom stereocenters. The quantitative estimate of drug-likeness (QED) is 0.312. The molecule has 21 heavy (non-hydrogen) atoms. The molecule has 0 amide bonds. The van der Waals surface area contributed by atoms with Gasteiger partial charge in [-0.05, 0) is 17.7 Å². The molecule has 0 aliphatic heterocycles. The predicted octanol–water partition coefficient (Wildman–Crippen LogP) is 3.92. The fourth-order valence-corrected chi connectivity index (χ4v) is 3.47. The Morgan fingerprint density at radius 2 is 2.29 bits per heavy atom. The minimum atomic E-state index is -0.466. The number of allylic oxidation sites excluding steroid dienone is 1. The van der Waals surface area contributed by atoms with Crippen molar-refractivity contribution in [3.63, 3.8) is 0 Å². The summed E-state index contributed by atoms with van der Waals surface area (Å²) in [5, 5.41) is 14.2. The molecule has 0 spiro atoms. The predicted molar refractivity (Wildman–Crippen MR) is 82.4 cm³/mol. The minimum Gasteiger partial charge on any atom is -0.287 e. The zero-order valence-corrected chi connectivity index (χ0v) is 12.6. The highest BCUT2D eigenvalue weighted by Crippen LogP contribution is 2.25. The molecule has 0 saturated heterocycles. The highest BCUT2D eigenvalue weighted by Gasteiger charge is 2.16. The summed E-state index contributed by atoms with van der Waals surface area (Å²) in [5.74, 6) is -0.306. The first-order valence-corrected chi connectivity index (χ1v) is 7.76. The van der Waals surface area contributed by atoms with Crippen molar-refractivity contribution >= 4 is 56.1 Å². The monoisotopic (exact) mass is 339 g/mol. The molecule has 0 bridgehead atoms. The van der Waals surface area contributed by atoms with Crippen molar-refractivity contribution in [3.8, 4) is 0 Å². The third-order valence-electron chi connectivity index (χ3n) is 2.67. The van der Waals surface area contributed by atoms with Gasteiger partial charge in [0.25, 0.3) is 0 Å². The second-order valence-electron chi connectivity index (χ2n) is 3.98. The molecule has 3 aromatic heterocycles. The van der Waals surface area contributed by atoms with Crippen molar-refractivity contribution in [2.45, 2.75) is 0 Å². The maximum absolute atomic E-state index is 12.2. The molecule has 0 aromatic carbocycles. The van der Waals surface area contributed by atoms with Gasteiger partial charge in [-0.3, -0.25) is 19.3 Å². The van der Waals surface area contributed by atoms with Crippen LogP contribution >= 0.6 is 34.3 Å². The van der Waals surface area contributed by atoms with Crippen LogP contribution < -0.4 is 0 Å². The molecule has 3 rings (SSSR count). The van der Waals surface area contributed by atoms with Crippen LogP contribution in [-0.2, 0) is 0 Å². The number of thiophene rings is 1. The first-order chi connectivity index (χ1) is 10.1. The number of imidazole rings is 1. The summed E-state index contributed by atoms with van der Waals surface area (Å²) in [6, 6.07) is 1.41. The number of hydrogen-bond donors (Lipinski definition) is 0. The number of hydrogen-bond acceptors (Lipinski definition) is 6. The van der Waals surface area contributed by atoms with Crippen molar-refractivity contribution in [2.75, 3.05) is 0 Å². The van der Waals surface area contributed by atoms with Crippen LogP contribution in [0.15, 0.2) is 29.1 Å². The third kappa shape index (κ3) is 2.60. The van der Waals surface area contributed by atoms with E-state index in [4.69, 9.17) is 11.6 Å². The second-order valence-corrected chi connectivity index (χ2v) is 6.10. The molecule has 0 aliphatic rings. The van der Waals surface area contributed by atoms with E-state index < -0.39 is 4.92 Å². The smallest absolute Gasteiger partial charge is 0.287 e. The number of fused-ring (bicyclic) bond motifs is 1. The lowest BCUT2D eigenvalue weighted by Gasteiger charge is -1.93. The van der Waals surface area contributed by atoms with Gasteiger partial charge in [-0.15, -0.1) is 11.3 Å². The summed E-state index contributed by atoms with van der Waals surface area (Å²) >= 11 is 8.35. The van der Waals surface area contributed by atoms with E-state index in [1.54, 1.807) is 21.4 Å². The van der Waals surface area contributed by atoms with Crippen molar-refractivity contribution in [1.82, 2.24) is 9.38 Å². The average molecular weight is 340 g/mol. The first-order valence-electron chi connectivity index (χ1n) is 5.62. The molecule has 0 radical (unpaired) electrons. The van der Waals surface area contributed by atoms with Gasteiger partial charge in [0.15, 0.2) is 10.1 Å². The van der Waals surface area contributed by atoms with Crippen molar-refractivity contribution in [1.29, 1.82) is 0 Å². The Bertz CT molecular complexity index is 877. The Hall–Kier alpha value is -2.03. The fourth-order valence-electron chi connectivity index (χ4n) is 1.75. The summed E-state index contributed by atoms with van der Waals surface area (Å²) in [6.45, 7) is 0. The number of carbonyl (C=O) groups excluding carboxylic acids is 1. The van der Waals surface area contributed by atoms with Gasteiger partial charge in [0.2, 0.25) is 5.78 Å². The number of thiazole rings is 1. The summed E-state index contributed by atoms with van der Waals surface area (Å²) in [6.07, 6.45) is 4.57. The summed E-state index contributed by atoms with van der Waals surface area (Å²) < 4.78 is 1.62. The Balaban J connectivity index is 1.88. The van der Waals surface area contributed by atoms with Gasteiger partial charge in [0.1, 0.15) is 5.69 Å². The first kappa shape index (κ1) is 13.9. The highest BCUT2D eigenvalue weighted by atomic mass is 35.5. The fraction of sp³-hybridized carbons (Fsp3) is 0. The van der Waals surface area contributed by atoms with Crippen LogP contribution in [0.2, 0.25) is 5.15 Å². The second kappa shape index (κ2) is 5.40. The Morgan fingerprint density at radius 3 is 3.00 bits per heavy atom. The lowest BCUT2D eigenvalue weighted by Crippen LogP contribution is -1.99. The van der Waals surface area contributed by atoms with Crippen LogP contribution in [0.5, 0.6) is 0 Å². The number of rotatable bonds is 4. The van der Waals surface area contributed by atoms with Gasteiger partial charge >= 0.3 is 5.00 Å². The molecule has 6 nitrogen and oxygen atoms in total. The third-order valence-corrected chi connectivity index (χ3v) is 4.58. The summed E-state index contributed by atoms with van der Waals surface area (Å²) in [4.78, 5) is 27.0. The van der Waals surface area contributed by atoms with Gasteiger partial charge in [-0.1, -0.05) is 22.9 Å². The Morgan fingerprint density at radius 1 is 1.48 bits per heavy atom. The van der Waals surface area contributed by atoms with Crippen LogP contribution in [0.1, 0.15) is 16.1 Å². The van der Waals surface area contributed by atoms with E-state index in [2.05, 4.69) is 4.98 Å². The lowest BCUT2D eigenvalue weighted by molar-refractivity contribution is -0.380. The van der Waals surface area contributed by atoms with E-state index in [1.807, 2.05) is 0 Å². The summed E-state index contributed by atoms with van der Waals surface area (Å²) in [5.41, 5.74) is 0.885.